The van der Waals surface area contributed by atoms with Gasteiger partial charge in [-0.25, -0.2) is 0 Å². The van der Waals surface area contributed by atoms with Crippen molar-refractivity contribution in [2.24, 2.45) is 0 Å². The highest BCUT2D eigenvalue weighted by Gasteiger charge is 2.22. The van der Waals surface area contributed by atoms with Crippen LogP contribution in [0.25, 0.3) is 10.4 Å². The van der Waals surface area contributed by atoms with Crippen LogP contribution < -0.4 is 5.32 Å². The number of thioether (sulfide) groups is 1. The molecule has 2 heterocycles. The van der Waals surface area contributed by atoms with Gasteiger partial charge in [0.1, 0.15) is 0 Å². The van der Waals surface area contributed by atoms with Crippen LogP contribution in [0.4, 0.5) is 0 Å². The van der Waals surface area contributed by atoms with E-state index in [0.29, 0.717) is 19.8 Å². The fourth-order valence-electron chi connectivity index (χ4n) is 2.61. The summed E-state index contributed by atoms with van der Waals surface area (Å²) in [6.45, 7) is 5.30. The molecule has 2 aromatic rings. The molecule has 0 unspecified atom stereocenters. The molecule has 1 aliphatic rings. The lowest BCUT2D eigenvalue weighted by Crippen LogP contribution is -2.35. The van der Waals surface area contributed by atoms with Gasteiger partial charge in [0.15, 0.2) is 6.29 Å². The summed E-state index contributed by atoms with van der Waals surface area (Å²) in [6.07, 6.45) is -0.394. The fraction of sp³-hybridized carbons (Fsp3) is 0.389. The number of ether oxygens (including phenoxy) is 2. The first kappa shape index (κ1) is 17.5. The predicted molar refractivity (Wildman–Crippen MR) is 98.7 cm³/mol. The molecule has 0 saturated carbocycles. The van der Waals surface area contributed by atoms with Gasteiger partial charge in [-0.15, -0.1) is 23.1 Å². The lowest BCUT2D eigenvalue weighted by molar-refractivity contribution is -0.131. The highest BCUT2D eigenvalue weighted by Crippen LogP contribution is 2.45. The zero-order valence-electron chi connectivity index (χ0n) is 13.8. The molecule has 1 aliphatic heterocycles. The van der Waals surface area contributed by atoms with Crippen molar-refractivity contribution >= 4 is 29.0 Å². The number of rotatable bonds is 7. The van der Waals surface area contributed by atoms with Crippen molar-refractivity contribution in [3.8, 4) is 10.4 Å². The number of thiophene rings is 1. The van der Waals surface area contributed by atoms with E-state index in [-0.39, 0.29) is 5.91 Å². The van der Waals surface area contributed by atoms with Crippen LogP contribution in [0.1, 0.15) is 29.1 Å². The van der Waals surface area contributed by atoms with E-state index in [1.54, 1.807) is 11.3 Å². The van der Waals surface area contributed by atoms with Crippen LogP contribution in [0.2, 0.25) is 0 Å². The third-order valence-corrected chi connectivity index (χ3v) is 6.01. The minimum Gasteiger partial charge on any atom is -0.351 e. The Balaban J connectivity index is 1.71. The summed E-state index contributed by atoms with van der Waals surface area (Å²) in [5.74, 6) is 0.845. The van der Waals surface area contributed by atoms with Crippen LogP contribution >= 0.6 is 23.1 Å². The Morgan fingerprint density at radius 3 is 2.75 bits per heavy atom. The Morgan fingerprint density at radius 2 is 2.00 bits per heavy atom. The van der Waals surface area contributed by atoms with E-state index in [2.05, 4.69) is 23.5 Å². The van der Waals surface area contributed by atoms with Crippen LogP contribution in [-0.4, -0.2) is 32.0 Å². The van der Waals surface area contributed by atoms with Crippen LogP contribution in [0.5, 0.6) is 0 Å². The number of nitrogens with one attached hydrogen (secondary N) is 1. The van der Waals surface area contributed by atoms with Gasteiger partial charge in [0.25, 0.3) is 5.91 Å². The zero-order chi connectivity index (χ0) is 16.9. The average molecular weight is 364 g/mol. The molecule has 0 spiro atoms. The smallest absolute Gasteiger partial charge is 0.261 e. The molecule has 1 amide bonds. The summed E-state index contributed by atoms with van der Waals surface area (Å²) in [7, 11) is 0. The second-order valence-electron chi connectivity index (χ2n) is 5.30. The molecule has 0 bridgehead atoms. The quantitative estimate of drug-likeness (QED) is 0.751. The van der Waals surface area contributed by atoms with E-state index >= 15 is 0 Å². The molecule has 0 radical (unpaired) electrons. The van der Waals surface area contributed by atoms with Crippen molar-refractivity contribution in [2.75, 3.05) is 19.8 Å². The van der Waals surface area contributed by atoms with Gasteiger partial charge in [-0.05, 0) is 31.5 Å². The van der Waals surface area contributed by atoms with Gasteiger partial charge < -0.3 is 14.8 Å². The second kappa shape index (κ2) is 8.16. The van der Waals surface area contributed by atoms with Crippen molar-refractivity contribution in [1.82, 2.24) is 5.32 Å². The first-order chi connectivity index (χ1) is 11.7. The third kappa shape index (κ3) is 3.83. The first-order valence-electron chi connectivity index (χ1n) is 8.09. The second-order valence-corrected chi connectivity index (χ2v) is 7.37. The van der Waals surface area contributed by atoms with E-state index in [4.69, 9.17) is 9.47 Å². The average Bonchev–Trinajstić information content (AvgIpc) is 3.04. The van der Waals surface area contributed by atoms with Gasteiger partial charge in [-0.2, -0.15) is 0 Å². The summed E-state index contributed by atoms with van der Waals surface area (Å²) >= 11 is 3.38. The number of carbonyl (C=O) groups is 1. The molecule has 128 valence electrons. The van der Waals surface area contributed by atoms with Crippen molar-refractivity contribution < 1.29 is 14.3 Å². The summed E-state index contributed by atoms with van der Waals surface area (Å²) in [5, 5.41) is 2.92. The molecule has 1 N–H and O–H groups in total. The highest BCUT2D eigenvalue weighted by molar-refractivity contribution is 7.98. The van der Waals surface area contributed by atoms with E-state index < -0.39 is 6.29 Å². The molecule has 24 heavy (non-hydrogen) atoms. The maximum absolute atomic E-state index is 12.5. The molecule has 0 saturated heterocycles. The summed E-state index contributed by atoms with van der Waals surface area (Å²) < 4.78 is 10.9. The summed E-state index contributed by atoms with van der Waals surface area (Å²) in [5.41, 5.74) is 2.47. The van der Waals surface area contributed by atoms with Crippen molar-refractivity contribution in [1.29, 1.82) is 0 Å². The third-order valence-electron chi connectivity index (χ3n) is 3.68. The van der Waals surface area contributed by atoms with Gasteiger partial charge in [0, 0.05) is 34.3 Å². The molecule has 3 rings (SSSR count). The van der Waals surface area contributed by atoms with Crippen LogP contribution in [0.15, 0.2) is 35.2 Å². The number of fused-ring (bicyclic) bond motifs is 3. The molecule has 4 nitrogen and oxygen atoms in total. The van der Waals surface area contributed by atoms with Gasteiger partial charge in [0.05, 0.1) is 11.4 Å². The minimum absolute atomic E-state index is 0.0683. The van der Waals surface area contributed by atoms with Crippen molar-refractivity contribution in [3.05, 3.63) is 40.8 Å². The van der Waals surface area contributed by atoms with Gasteiger partial charge in [0.2, 0.25) is 0 Å². The maximum atomic E-state index is 12.5. The van der Waals surface area contributed by atoms with E-state index in [9.17, 15) is 4.79 Å². The van der Waals surface area contributed by atoms with Crippen LogP contribution in [0, 0.1) is 0 Å². The summed E-state index contributed by atoms with van der Waals surface area (Å²) in [4.78, 5) is 15.7. The monoisotopic (exact) mass is 363 g/mol. The van der Waals surface area contributed by atoms with Crippen molar-refractivity contribution in [2.45, 2.75) is 30.8 Å². The first-order valence-corrected chi connectivity index (χ1v) is 9.89. The molecule has 0 aliphatic carbocycles. The Kier molecular flexibility index (Phi) is 5.94. The normalized spacial score (nSPS) is 12.8. The number of benzene rings is 1. The molecular formula is C18H21NO3S2. The van der Waals surface area contributed by atoms with Gasteiger partial charge in [-0.3, -0.25) is 4.79 Å². The fourth-order valence-corrected chi connectivity index (χ4v) is 4.94. The minimum atomic E-state index is -0.394. The number of hydrogen-bond donors (Lipinski definition) is 1. The molecule has 0 atom stereocenters. The highest BCUT2D eigenvalue weighted by atomic mass is 32.2. The largest absolute Gasteiger partial charge is 0.351 e. The molecule has 6 heteroatoms. The standard InChI is InChI=1S/C18H21NO3S2/c1-3-21-16(22-4-2)10-19-18(20)15-9-12-11-23-14-8-6-5-7-13(14)17(12)24-15/h5-9,16H,3-4,10-11H2,1-2H3,(H,19,20). The topological polar surface area (TPSA) is 47.6 Å². The van der Waals surface area contributed by atoms with E-state index in [0.717, 1.165) is 10.6 Å². The number of amides is 1. The molecule has 1 aromatic carbocycles. The number of carbonyl (C=O) groups excluding carboxylic acids is 1. The molecule has 1 aromatic heterocycles. The van der Waals surface area contributed by atoms with Gasteiger partial charge >= 0.3 is 0 Å². The summed E-state index contributed by atoms with van der Waals surface area (Å²) in [6, 6.07) is 10.4. The Labute approximate surface area is 150 Å². The Bertz CT molecular complexity index is 708. The Hall–Kier alpha value is -1.34. The lowest BCUT2D eigenvalue weighted by atomic mass is 10.1. The number of hydrogen-bond acceptors (Lipinski definition) is 5. The van der Waals surface area contributed by atoms with Crippen LogP contribution in [-0.2, 0) is 15.2 Å². The van der Waals surface area contributed by atoms with E-state index in [1.807, 2.05) is 37.7 Å². The van der Waals surface area contributed by atoms with E-state index in [1.165, 1.54) is 20.9 Å². The van der Waals surface area contributed by atoms with Crippen molar-refractivity contribution in [3.63, 3.8) is 0 Å². The zero-order valence-corrected chi connectivity index (χ0v) is 15.5. The SMILES string of the molecule is CCOC(CNC(=O)c1cc2c(s1)-c1ccccc1SC2)OCC. The predicted octanol–water partition coefficient (Wildman–Crippen LogP) is 4.15. The van der Waals surface area contributed by atoms with Gasteiger partial charge in [-0.1, -0.05) is 18.2 Å². The molecular weight excluding hydrogens is 342 g/mol. The molecule has 0 fully saturated rings. The van der Waals surface area contributed by atoms with Crippen LogP contribution in [0.3, 0.4) is 0 Å². The lowest BCUT2D eigenvalue weighted by Gasteiger charge is -2.17. The Morgan fingerprint density at radius 1 is 1.25 bits per heavy atom. The maximum Gasteiger partial charge on any atom is 0.261 e.